The van der Waals surface area contributed by atoms with Gasteiger partial charge in [0.15, 0.2) is 0 Å². The SMILES string of the molecule is O=[N+]([O-])c1ccc2c(c1)C1=C(CON1)CO2. The molecule has 82 valence electrons. The standard InChI is InChI=1S/C10H8N2O4/c13-12(14)7-1-2-9-8(3-7)10-6(4-15-9)5-16-11-10/h1-3,11H,4-5H2. The van der Waals surface area contributed by atoms with Crippen molar-refractivity contribution in [2.45, 2.75) is 0 Å². The van der Waals surface area contributed by atoms with Crippen LogP contribution in [0.2, 0.25) is 0 Å². The molecule has 1 aromatic carbocycles. The molecule has 0 aliphatic carbocycles. The summed E-state index contributed by atoms with van der Waals surface area (Å²) in [6, 6.07) is 4.53. The van der Waals surface area contributed by atoms with Crippen LogP contribution in [0, 0.1) is 10.1 Å². The Hall–Kier alpha value is -2.08. The molecule has 0 fully saturated rings. The van der Waals surface area contributed by atoms with Gasteiger partial charge in [0.25, 0.3) is 5.69 Å². The van der Waals surface area contributed by atoms with E-state index in [1.807, 2.05) is 0 Å². The predicted octanol–water partition coefficient (Wildman–Crippen LogP) is 1.23. The van der Waals surface area contributed by atoms with Gasteiger partial charge < -0.3 is 4.74 Å². The first-order valence-electron chi connectivity index (χ1n) is 4.77. The second kappa shape index (κ2) is 3.21. The van der Waals surface area contributed by atoms with Gasteiger partial charge in [0, 0.05) is 23.3 Å². The highest BCUT2D eigenvalue weighted by molar-refractivity contribution is 5.75. The van der Waals surface area contributed by atoms with Crippen molar-refractivity contribution in [1.82, 2.24) is 5.48 Å². The molecule has 3 rings (SSSR count). The van der Waals surface area contributed by atoms with Gasteiger partial charge in [-0.05, 0) is 6.07 Å². The zero-order chi connectivity index (χ0) is 11.1. The van der Waals surface area contributed by atoms with Crippen molar-refractivity contribution in [2.75, 3.05) is 13.2 Å². The lowest BCUT2D eigenvalue weighted by Gasteiger charge is -2.17. The Bertz CT molecular complexity index is 510. The first-order valence-corrected chi connectivity index (χ1v) is 4.77. The van der Waals surface area contributed by atoms with Crippen LogP contribution in [-0.4, -0.2) is 18.1 Å². The van der Waals surface area contributed by atoms with Crippen molar-refractivity contribution >= 4 is 11.4 Å². The maximum Gasteiger partial charge on any atom is 0.270 e. The van der Waals surface area contributed by atoms with Crippen LogP contribution in [0.4, 0.5) is 5.69 Å². The summed E-state index contributed by atoms with van der Waals surface area (Å²) in [5.41, 5.74) is 5.27. The van der Waals surface area contributed by atoms with Gasteiger partial charge in [-0.15, -0.1) is 0 Å². The topological polar surface area (TPSA) is 73.6 Å². The molecule has 0 aromatic heterocycles. The normalized spacial score (nSPS) is 17.2. The monoisotopic (exact) mass is 220 g/mol. The maximum absolute atomic E-state index is 10.7. The van der Waals surface area contributed by atoms with Crippen LogP contribution in [0.15, 0.2) is 23.8 Å². The molecule has 16 heavy (non-hydrogen) atoms. The van der Waals surface area contributed by atoms with Crippen molar-refractivity contribution in [3.63, 3.8) is 0 Å². The Morgan fingerprint density at radius 2 is 2.25 bits per heavy atom. The van der Waals surface area contributed by atoms with Crippen LogP contribution < -0.4 is 10.2 Å². The largest absolute Gasteiger partial charge is 0.488 e. The number of nitrogens with one attached hydrogen (secondary N) is 1. The van der Waals surface area contributed by atoms with E-state index in [9.17, 15) is 10.1 Å². The molecule has 1 aromatic rings. The molecule has 6 heteroatoms. The fourth-order valence-electron chi connectivity index (χ4n) is 1.82. The number of hydroxylamine groups is 1. The second-order valence-electron chi connectivity index (χ2n) is 3.60. The van der Waals surface area contributed by atoms with Gasteiger partial charge in [0.1, 0.15) is 19.0 Å². The summed E-state index contributed by atoms with van der Waals surface area (Å²) in [5.74, 6) is 0.641. The molecular weight excluding hydrogens is 212 g/mol. The molecule has 2 heterocycles. The van der Waals surface area contributed by atoms with Gasteiger partial charge in [-0.25, -0.2) is 0 Å². The Morgan fingerprint density at radius 3 is 3.06 bits per heavy atom. The first-order chi connectivity index (χ1) is 7.75. The van der Waals surface area contributed by atoms with E-state index < -0.39 is 4.92 Å². The highest BCUT2D eigenvalue weighted by atomic mass is 16.7. The number of hydrogen-bond donors (Lipinski definition) is 1. The quantitative estimate of drug-likeness (QED) is 0.569. The Balaban J connectivity index is 2.14. The third-order valence-corrected chi connectivity index (χ3v) is 2.62. The summed E-state index contributed by atoms with van der Waals surface area (Å²) >= 11 is 0. The number of ether oxygens (including phenoxy) is 1. The summed E-state index contributed by atoms with van der Waals surface area (Å²) in [5, 5.41) is 10.7. The molecule has 0 bridgehead atoms. The molecule has 6 nitrogen and oxygen atoms in total. The zero-order valence-corrected chi connectivity index (χ0v) is 8.23. The number of nitrogens with zero attached hydrogens (tertiary/aromatic N) is 1. The van der Waals surface area contributed by atoms with Crippen LogP contribution in [0.25, 0.3) is 5.70 Å². The highest BCUT2D eigenvalue weighted by Crippen LogP contribution is 2.35. The Morgan fingerprint density at radius 1 is 1.38 bits per heavy atom. The summed E-state index contributed by atoms with van der Waals surface area (Å²) in [6.07, 6.45) is 0. The van der Waals surface area contributed by atoms with Gasteiger partial charge >= 0.3 is 0 Å². The fourth-order valence-corrected chi connectivity index (χ4v) is 1.82. The van der Waals surface area contributed by atoms with E-state index in [4.69, 9.17) is 9.57 Å². The third kappa shape index (κ3) is 1.24. The van der Waals surface area contributed by atoms with Crippen LogP contribution in [0.1, 0.15) is 5.56 Å². The van der Waals surface area contributed by atoms with E-state index in [0.717, 1.165) is 11.3 Å². The minimum Gasteiger partial charge on any atom is -0.488 e. The van der Waals surface area contributed by atoms with Gasteiger partial charge in [-0.1, -0.05) is 0 Å². The smallest absolute Gasteiger partial charge is 0.270 e. The number of hydrogen-bond acceptors (Lipinski definition) is 5. The molecule has 2 aliphatic heterocycles. The number of non-ortho nitro benzene ring substituents is 1. The lowest BCUT2D eigenvalue weighted by atomic mass is 10.0. The number of benzene rings is 1. The van der Waals surface area contributed by atoms with Crippen LogP contribution in [0.3, 0.4) is 0 Å². The predicted molar refractivity (Wildman–Crippen MR) is 54.6 cm³/mol. The molecule has 1 N–H and O–H groups in total. The van der Waals surface area contributed by atoms with E-state index in [1.165, 1.54) is 12.1 Å². The first kappa shape index (κ1) is 9.17. The molecule has 0 atom stereocenters. The lowest BCUT2D eigenvalue weighted by Crippen LogP contribution is -2.13. The van der Waals surface area contributed by atoms with Crippen molar-refractivity contribution in [3.8, 4) is 5.75 Å². The molecule has 0 amide bonds. The number of nitro benzene ring substituents is 1. The van der Waals surface area contributed by atoms with Crippen LogP contribution >= 0.6 is 0 Å². The van der Waals surface area contributed by atoms with Crippen molar-refractivity contribution in [2.24, 2.45) is 0 Å². The van der Waals surface area contributed by atoms with Gasteiger partial charge in [0.05, 0.1) is 10.6 Å². The van der Waals surface area contributed by atoms with Crippen molar-refractivity contribution in [1.29, 1.82) is 0 Å². The van der Waals surface area contributed by atoms with Crippen molar-refractivity contribution < 1.29 is 14.5 Å². The average Bonchev–Trinajstić information content (AvgIpc) is 2.76. The molecule has 0 spiro atoms. The van der Waals surface area contributed by atoms with E-state index in [1.54, 1.807) is 6.07 Å². The molecule has 0 radical (unpaired) electrons. The summed E-state index contributed by atoms with van der Waals surface area (Å²) in [6.45, 7) is 0.921. The molecule has 2 aliphatic rings. The molecule has 0 saturated carbocycles. The summed E-state index contributed by atoms with van der Waals surface area (Å²) < 4.78 is 5.47. The van der Waals surface area contributed by atoms with Gasteiger partial charge in [0.2, 0.25) is 0 Å². The van der Waals surface area contributed by atoms with E-state index in [0.29, 0.717) is 24.5 Å². The van der Waals surface area contributed by atoms with Crippen LogP contribution in [0.5, 0.6) is 5.75 Å². The number of nitro groups is 1. The number of rotatable bonds is 1. The van der Waals surface area contributed by atoms with Crippen molar-refractivity contribution in [3.05, 3.63) is 39.4 Å². The number of fused-ring (bicyclic) bond motifs is 2. The highest BCUT2D eigenvalue weighted by Gasteiger charge is 2.26. The molecular formula is C10H8N2O4. The van der Waals surface area contributed by atoms with Gasteiger partial charge in [-0.2, -0.15) is 0 Å². The maximum atomic E-state index is 10.7. The third-order valence-electron chi connectivity index (χ3n) is 2.62. The zero-order valence-electron chi connectivity index (χ0n) is 8.23. The van der Waals surface area contributed by atoms with E-state index >= 15 is 0 Å². The second-order valence-corrected chi connectivity index (χ2v) is 3.60. The Kier molecular flexibility index (Phi) is 1.84. The lowest BCUT2D eigenvalue weighted by molar-refractivity contribution is -0.384. The summed E-state index contributed by atoms with van der Waals surface area (Å²) in [7, 11) is 0. The van der Waals surface area contributed by atoms with Crippen LogP contribution in [-0.2, 0) is 4.84 Å². The minimum absolute atomic E-state index is 0.0461. The van der Waals surface area contributed by atoms with E-state index in [-0.39, 0.29) is 5.69 Å². The Labute approximate surface area is 90.6 Å². The van der Waals surface area contributed by atoms with Gasteiger partial charge in [-0.3, -0.25) is 20.4 Å². The fraction of sp³-hybridized carbons (Fsp3) is 0.200. The summed E-state index contributed by atoms with van der Waals surface area (Å²) in [4.78, 5) is 15.3. The minimum atomic E-state index is -0.426. The molecule has 0 unspecified atom stereocenters. The molecule has 0 saturated heterocycles. The van der Waals surface area contributed by atoms with E-state index in [2.05, 4.69) is 5.48 Å². The average molecular weight is 220 g/mol.